The van der Waals surface area contributed by atoms with Crippen molar-refractivity contribution in [1.29, 1.82) is 0 Å². The van der Waals surface area contributed by atoms with Gasteiger partial charge in [-0.15, -0.1) is 0 Å². The molecule has 6 heteroatoms. The van der Waals surface area contributed by atoms with E-state index in [0.29, 0.717) is 23.6 Å². The Morgan fingerprint density at radius 3 is 2.34 bits per heavy atom. The smallest absolute Gasteiger partial charge is 0.338 e. The Morgan fingerprint density at radius 2 is 1.76 bits per heavy atom. The van der Waals surface area contributed by atoms with Crippen molar-refractivity contribution in [2.24, 2.45) is 0 Å². The molecule has 1 N–H and O–H groups in total. The van der Waals surface area contributed by atoms with Crippen LogP contribution < -0.4 is 10.1 Å². The molecular formula is C23H26N2O4. The van der Waals surface area contributed by atoms with Crippen molar-refractivity contribution in [2.45, 2.75) is 39.5 Å². The van der Waals surface area contributed by atoms with Gasteiger partial charge in [0, 0.05) is 5.70 Å². The van der Waals surface area contributed by atoms with Crippen LogP contribution in [-0.4, -0.2) is 30.1 Å². The molecule has 0 aliphatic carbocycles. The van der Waals surface area contributed by atoms with E-state index in [-0.39, 0.29) is 12.1 Å². The van der Waals surface area contributed by atoms with E-state index in [1.807, 2.05) is 42.5 Å². The van der Waals surface area contributed by atoms with Gasteiger partial charge in [-0.25, -0.2) is 9.59 Å². The van der Waals surface area contributed by atoms with Crippen molar-refractivity contribution >= 4 is 12.0 Å². The van der Waals surface area contributed by atoms with Gasteiger partial charge < -0.3 is 14.8 Å². The molecule has 2 amide bonds. The maximum Gasteiger partial charge on any atom is 0.338 e. The second-order valence-electron chi connectivity index (χ2n) is 7.18. The summed E-state index contributed by atoms with van der Waals surface area (Å²) in [5, 5.41) is 2.96. The molecule has 29 heavy (non-hydrogen) atoms. The van der Waals surface area contributed by atoms with Gasteiger partial charge in [-0.05, 0) is 44.0 Å². The number of carbonyl (C=O) groups is 2. The van der Waals surface area contributed by atoms with Crippen LogP contribution in [-0.2, 0) is 16.1 Å². The number of amides is 2. The van der Waals surface area contributed by atoms with Gasteiger partial charge in [-0.1, -0.05) is 42.5 Å². The van der Waals surface area contributed by atoms with Crippen LogP contribution in [0.1, 0.15) is 37.9 Å². The molecule has 2 aromatic carbocycles. The quantitative estimate of drug-likeness (QED) is 0.746. The predicted octanol–water partition coefficient (Wildman–Crippen LogP) is 4.19. The first-order valence-electron chi connectivity index (χ1n) is 9.58. The number of hydrogen-bond donors (Lipinski definition) is 1. The highest BCUT2D eigenvalue weighted by Crippen LogP contribution is 2.33. The molecule has 1 heterocycles. The first kappa shape index (κ1) is 20.5. The van der Waals surface area contributed by atoms with Gasteiger partial charge in [-0.2, -0.15) is 0 Å². The number of hydrogen-bond acceptors (Lipinski definition) is 4. The van der Waals surface area contributed by atoms with Gasteiger partial charge in [0.25, 0.3) is 0 Å². The average molecular weight is 394 g/mol. The number of esters is 1. The Hall–Kier alpha value is -3.28. The van der Waals surface area contributed by atoms with Crippen LogP contribution in [0.5, 0.6) is 5.75 Å². The van der Waals surface area contributed by atoms with Crippen LogP contribution in [0.15, 0.2) is 65.9 Å². The Balaban J connectivity index is 2.01. The molecule has 1 aliphatic heterocycles. The SMILES string of the molecule is COc1ccc(C2NC(=O)N(Cc3ccccc3)C(C)=C2C(=O)OC(C)C)cc1. The van der Waals surface area contributed by atoms with Crippen LogP contribution in [0.3, 0.4) is 0 Å². The topological polar surface area (TPSA) is 67.9 Å². The van der Waals surface area contributed by atoms with E-state index in [0.717, 1.165) is 11.1 Å². The molecule has 3 rings (SSSR count). The van der Waals surface area contributed by atoms with Gasteiger partial charge in [0.15, 0.2) is 0 Å². The molecule has 0 fully saturated rings. The fraction of sp³-hybridized carbons (Fsp3) is 0.304. The number of carbonyl (C=O) groups excluding carboxylic acids is 2. The fourth-order valence-electron chi connectivity index (χ4n) is 3.33. The van der Waals surface area contributed by atoms with Crippen LogP contribution in [0, 0.1) is 0 Å². The zero-order valence-electron chi connectivity index (χ0n) is 17.1. The summed E-state index contributed by atoms with van der Waals surface area (Å²) in [4.78, 5) is 27.4. The zero-order chi connectivity index (χ0) is 21.0. The maximum absolute atomic E-state index is 12.9. The molecule has 0 saturated carbocycles. The summed E-state index contributed by atoms with van der Waals surface area (Å²) in [7, 11) is 1.59. The lowest BCUT2D eigenvalue weighted by molar-refractivity contribution is -0.143. The van der Waals surface area contributed by atoms with Crippen molar-refractivity contribution in [3.8, 4) is 5.75 Å². The predicted molar refractivity (Wildman–Crippen MR) is 110 cm³/mol. The average Bonchev–Trinajstić information content (AvgIpc) is 2.71. The van der Waals surface area contributed by atoms with Crippen molar-refractivity contribution in [3.05, 3.63) is 77.0 Å². The maximum atomic E-state index is 12.9. The largest absolute Gasteiger partial charge is 0.497 e. The fourth-order valence-corrected chi connectivity index (χ4v) is 3.33. The highest BCUT2D eigenvalue weighted by molar-refractivity contribution is 5.95. The summed E-state index contributed by atoms with van der Waals surface area (Å²) >= 11 is 0. The lowest BCUT2D eigenvalue weighted by atomic mass is 9.94. The minimum Gasteiger partial charge on any atom is -0.497 e. The van der Waals surface area contributed by atoms with E-state index in [9.17, 15) is 9.59 Å². The highest BCUT2D eigenvalue weighted by Gasteiger charge is 2.36. The Labute approximate surface area is 171 Å². The third-order valence-electron chi connectivity index (χ3n) is 4.79. The standard InChI is InChI=1S/C23H26N2O4/c1-15(2)29-22(26)20-16(3)25(14-17-8-6-5-7-9-17)23(27)24-21(20)18-10-12-19(28-4)13-11-18/h5-13,15,21H,14H2,1-4H3,(H,24,27). The van der Waals surface area contributed by atoms with Crippen molar-refractivity contribution < 1.29 is 19.1 Å². The molecule has 1 unspecified atom stereocenters. The van der Waals surface area contributed by atoms with Crippen LogP contribution in [0.25, 0.3) is 0 Å². The number of benzene rings is 2. The molecule has 152 valence electrons. The van der Waals surface area contributed by atoms with Crippen LogP contribution in [0.4, 0.5) is 4.79 Å². The number of methoxy groups -OCH3 is 1. The first-order valence-corrected chi connectivity index (χ1v) is 9.58. The summed E-state index contributed by atoms with van der Waals surface area (Å²) in [5.74, 6) is 0.268. The van der Waals surface area contributed by atoms with Crippen molar-refractivity contribution in [3.63, 3.8) is 0 Å². The van der Waals surface area contributed by atoms with Gasteiger partial charge in [0.05, 0.1) is 31.4 Å². The summed E-state index contributed by atoms with van der Waals surface area (Å²) < 4.78 is 10.7. The normalized spacial score (nSPS) is 16.7. The third-order valence-corrected chi connectivity index (χ3v) is 4.79. The molecule has 0 aromatic heterocycles. The minimum atomic E-state index is -0.591. The van der Waals surface area contributed by atoms with E-state index in [1.54, 1.807) is 44.9 Å². The lowest BCUT2D eigenvalue weighted by Crippen LogP contribution is -2.47. The van der Waals surface area contributed by atoms with Gasteiger partial charge in [-0.3, -0.25) is 4.90 Å². The van der Waals surface area contributed by atoms with Gasteiger partial charge in [0.1, 0.15) is 5.75 Å². The molecule has 6 nitrogen and oxygen atoms in total. The van der Waals surface area contributed by atoms with E-state index in [2.05, 4.69) is 5.32 Å². The lowest BCUT2D eigenvalue weighted by Gasteiger charge is -2.35. The monoisotopic (exact) mass is 394 g/mol. The molecule has 0 bridgehead atoms. The molecule has 0 spiro atoms. The molecule has 1 atom stereocenters. The number of nitrogens with zero attached hydrogens (tertiary/aromatic N) is 1. The Kier molecular flexibility index (Phi) is 6.22. The molecule has 1 aliphatic rings. The summed E-state index contributed by atoms with van der Waals surface area (Å²) in [6.07, 6.45) is -0.264. The molecule has 0 saturated heterocycles. The Bertz CT molecular complexity index is 904. The number of nitrogens with one attached hydrogen (secondary N) is 1. The Morgan fingerprint density at radius 1 is 1.10 bits per heavy atom. The molecule has 2 aromatic rings. The number of allylic oxidation sites excluding steroid dienone is 1. The summed E-state index contributed by atoms with van der Waals surface area (Å²) in [6, 6.07) is 16.1. The third kappa shape index (κ3) is 4.59. The second-order valence-corrected chi connectivity index (χ2v) is 7.18. The zero-order valence-corrected chi connectivity index (χ0v) is 17.1. The van der Waals surface area contributed by atoms with E-state index in [1.165, 1.54) is 0 Å². The van der Waals surface area contributed by atoms with Gasteiger partial charge >= 0.3 is 12.0 Å². The highest BCUT2D eigenvalue weighted by atomic mass is 16.5. The van der Waals surface area contributed by atoms with E-state index < -0.39 is 12.0 Å². The van der Waals surface area contributed by atoms with Crippen LogP contribution >= 0.6 is 0 Å². The second kappa shape index (κ2) is 8.82. The van der Waals surface area contributed by atoms with Crippen molar-refractivity contribution in [1.82, 2.24) is 10.2 Å². The number of rotatable bonds is 6. The van der Waals surface area contributed by atoms with E-state index >= 15 is 0 Å². The molecule has 0 radical (unpaired) electrons. The summed E-state index contributed by atoms with van der Waals surface area (Å²) in [5.41, 5.74) is 2.78. The number of ether oxygens (including phenoxy) is 2. The van der Waals surface area contributed by atoms with Crippen LogP contribution in [0.2, 0.25) is 0 Å². The van der Waals surface area contributed by atoms with Crippen molar-refractivity contribution in [2.75, 3.05) is 7.11 Å². The summed E-state index contributed by atoms with van der Waals surface area (Å²) in [6.45, 7) is 5.76. The minimum absolute atomic E-state index is 0.256. The molecular weight excluding hydrogens is 368 g/mol. The van der Waals surface area contributed by atoms with Gasteiger partial charge in [0.2, 0.25) is 0 Å². The first-order chi connectivity index (χ1) is 13.9. The number of urea groups is 1. The van der Waals surface area contributed by atoms with E-state index in [4.69, 9.17) is 9.47 Å².